The van der Waals surface area contributed by atoms with Gasteiger partial charge in [-0.1, -0.05) is 89.1 Å². The van der Waals surface area contributed by atoms with Crippen LogP contribution in [0.5, 0.6) is 17.2 Å². The highest BCUT2D eigenvalue weighted by Gasteiger charge is 2.44. The maximum Gasteiger partial charge on any atom is 0.471 e. The number of carboxylic acids is 1. The maximum atomic E-state index is 14.6. The van der Waals surface area contributed by atoms with Crippen LogP contribution in [-0.2, 0) is 50.4 Å². The molecule has 6 aromatic rings. The first kappa shape index (κ1) is 47.8. The molecule has 3 heterocycles. The molecule has 0 fully saturated rings. The number of nitriles is 1. The van der Waals surface area contributed by atoms with Gasteiger partial charge in [-0.3, -0.25) is 14.9 Å². The molecule has 0 spiro atoms. The second kappa shape index (κ2) is 19.5. The minimum atomic E-state index is -5.29. The Kier molecular flexibility index (Phi) is 13.7. The van der Waals surface area contributed by atoms with Gasteiger partial charge in [0.1, 0.15) is 31.0 Å². The molecule has 1 aromatic heterocycles. The Morgan fingerprint density at radius 1 is 0.941 bits per heavy atom. The normalized spacial score (nSPS) is 16.2. The van der Waals surface area contributed by atoms with Crippen LogP contribution in [0.3, 0.4) is 0 Å². The molecule has 5 aromatic carbocycles. The highest BCUT2D eigenvalue weighted by molar-refractivity contribution is 7.91. The summed E-state index contributed by atoms with van der Waals surface area (Å²) in [6, 6.07) is 28.3. The monoisotopic (exact) mass is 1010 g/mol. The number of fused-ring (bicyclic) bond motifs is 2. The molecular formula is C47H36Cl2F3N5O9S2. The number of hydrogen-bond donors (Lipinski definition) is 3. The molecule has 2 aliphatic rings. The van der Waals surface area contributed by atoms with Gasteiger partial charge < -0.3 is 24.6 Å². The number of sulfonamides is 1. The number of hydrogen-bond acceptors (Lipinski definition) is 11. The summed E-state index contributed by atoms with van der Waals surface area (Å²) in [5.74, 6) is -3.58. The van der Waals surface area contributed by atoms with Gasteiger partial charge in [0, 0.05) is 13.0 Å². The van der Waals surface area contributed by atoms with E-state index < -0.39 is 68.1 Å². The lowest BCUT2D eigenvalue weighted by Gasteiger charge is -2.36. The van der Waals surface area contributed by atoms with Crippen LogP contribution in [0.15, 0.2) is 107 Å². The third-order valence-electron chi connectivity index (χ3n) is 11.1. The van der Waals surface area contributed by atoms with E-state index in [4.69, 9.17) is 42.7 Å². The van der Waals surface area contributed by atoms with E-state index in [1.807, 2.05) is 0 Å². The van der Waals surface area contributed by atoms with Gasteiger partial charge in [0.15, 0.2) is 26.9 Å². The number of thiazole rings is 1. The van der Waals surface area contributed by atoms with E-state index in [2.05, 4.69) is 16.4 Å². The lowest BCUT2D eigenvalue weighted by Crippen LogP contribution is -2.55. The van der Waals surface area contributed by atoms with E-state index in [0.717, 1.165) is 26.6 Å². The van der Waals surface area contributed by atoms with Crippen molar-refractivity contribution in [3.8, 4) is 34.4 Å². The number of carbonyl (C=O) groups is 3. The van der Waals surface area contributed by atoms with E-state index in [1.54, 1.807) is 108 Å². The van der Waals surface area contributed by atoms with Crippen molar-refractivity contribution in [2.75, 3.05) is 11.9 Å². The summed E-state index contributed by atoms with van der Waals surface area (Å²) in [7, 11) is -4.80. The van der Waals surface area contributed by atoms with E-state index in [0.29, 0.717) is 43.8 Å². The Balaban J connectivity index is 1.04. The lowest BCUT2D eigenvalue weighted by molar-refractivity contribution is -0.167. The number of ether oxygens (including phenoxy) is 3. The summed E-state index contributed by atoms with van der Waals surface area (Å²) >= 11 is 12.4. The summed E-state index contributed by atoms with van der Waals surface area (Å²) in [6.45, 7) is 1.09. The maximum absolute atomic E-state index is 14.6. The number of aliphatic carboxylic acids is 1. The Hall–Kier alpha value is -6.69. The summed E-state index contributed by atoms with van der Waals surface area (Å²) in [5, 5.41) is 23.7. The predicted molar refractivity (Wildman–Crippen MR) is 244 cm³/mol. The number of nitrogens with one attached hydrogen (secondary N) is 2. The lowest BCUT2D eigenvalue weighted by atomic mass is 9.94. The second-order valence-electron chi connectivity index (χ2n) is 15.7. The number of nitrogens with zero attached hydrogens (tertiary/aromatic N) is 3. The molecule has 3 N–H and O–H groups in total. The molecule has 0 aliphatic carbocycles. The molecule has 2 amide bonds. The van der Waals surface area contributed by atoms with Crippen LogP contribution in [0.2, 0.25) is 10.0 Å². The topological polar surface area (TPSA) is 197 Å². The van der Waals surface area contributed by atoms with Crippen molar-refractivity contribution in [2.45, 2.75) is 61.5 Å². The van der Waals surface area contributed by atoms with Crippen molar-refractivity contribution in [1.29, 1.82) is 5.26 Å². The van der Waals surface area contributed by atoms with E-state index in [1.165, 1.54) is 6.92 Å². The summed E-state index contributed by atoms with van der Waals surface area (Å²) in [5.41, 5.74) is 4.82. The number of amides is 2. The standard InChI is InChI=1S/C47H36Cl2F3N5O9S2/c1-25-44(67-46(54-25)56-45(61)47(50,51)52)68(62,63)57-22-33-20-40-39(65-24-41(66-40)31-11-13-34(14-12-31)64-23-28-6-15-35(48)36(49)16-28)19-32(33)18-38(57)42(58)55-37(43(59)60)17-26-2-7-29(8-3-26)30-9-4-27(21-53)5-10-30/h2-16,19-20,37-38,41H,17-18,22-24H2,1H3,(H,55,58)(H,59,60)(H,54,56,61)/t37?,38-,41+/m0/s1. The number of rotatable bonds is 13. The molecule has 3 atom stereocenters. The Morgan fingerprint density at radius 3 is 2.25 bits per heavy atom. The van der Waals surface area contributed by atoms with Crippen molar-refractivity contribution < 1.29 is 55.3 Å². The molecule has 1 unspecified atom stereocenters. The number of aryl methyl sites for hydroxylation is 1. The minimum absolute atomic E-state index is 0.0896. The Labute approximate surface area is 400 Å². The number of halogens is 5. The molecule has 0 saturated heterocycles. The third-order valence-corrected chi connectivity index (χ3v) is 15.3. The van der Waals surface area contributed by atoms with Crippen molar-refractivity contribution in [2.24, 2.45) is 0 Å². The van der Waals surface area contributed by atoms with Crippen LogP contribution < -0.4 is 24.8 Å². The summed E-state index contributed by atoms with van der Waals surface area (Å²) in [4.78, 5) is 42.6. The summed E-state index contributed by atoms with van der Waals surface area (Å²) in [6.07, 6.45) is -6.35. The van der Waals surface area contributed by atoms with Gasteiger partial charge in [-0.25, -0.2) is 18.2 Å². The second-order valence-corrected chi connectivity index (χ2v) is 19.6. The van der Waals surface area contributed by atoms with Crippen LogP contribution in [-0.4, -0.2) is 65.5 Å². The van der Waals surface area contributed by atoms with Crippen LogP contribution in [0, 0.1) is 18.3 Å². The van der Waals surface area contributed by atoms with E-state index in [9.17, 15) is 41.1 Å². The van der Waals surface area contributed by atoms with Crippen LogP contribution in [0.25, 0.3) is 11.1 Å². The van der Waals surface area contributed by atoms with Gasteiger partial charge in [0.2, 0.25) is 5.91 Å². The average molecular weight is 1010 g/mol. The fraction of sp³-hybridized carbons (Fsp3) is 0.213. The van der Waals surface area contributed by atoms with Crippen molar-refractivity contribution >= 4 is 67.5 Å². The molecule has 8 rings (SSSR count). The van der Waals surface area contributed by atoms with Gasteiger partial charge in [-0.15, -0.1) is 0 Å². The number of carboxylic acid groups (broad SMARTS) is 1. The zero-order valence-corrected chi connectivity index (χ0v) is 38.5. The van der Waals surface area contributed by atoms with Crippen molar-refractivity contribution in [1.82, 2.24) is 14.6 Å². The third kappa shape index (κ3) is 10.5. The minimum Gasteiger partial charge on any atom is -0.489 e. The number of benzene rings is 5. The number of aromatic nitrogens is 1. The first-order valence-corrected chi connectivity index (χ1v) is 23.5. The van der Waals surface area contributed by atoms with Crippen LogP contribution >= 0.6 is 34.5 Å². The molecule has 350 valence electrons. The van der Waals surface area contributed by atoms with Crippen molar-refractivity contribution in [3.63, 3.8) is 0 Å². The number of carbonyl (C=O) groups excluding carboxylic acids is 2. The molecule has 0 radical (unpaired) electrons. The van der Waals surface area contributed by atoms with E-state index in [-0.39, 0.29) is 48.8 Å². The fourth-order valence-electron chi connectivity index (χ4n) is 7.57. The van der Waals surface area contributed by atoms with Gasteiger partial charge in [0.25, 0.3) is 10.0 Å². The average Bonchev–Trinajstić information content (AvgIpc) is 3.70. The number of anilines is 1. The largest absolute Gasteiger partial charge is 0.489 e. The van der Waals surface area contributed by atoms with Crippen LogP contribution in [0.1, 0.15) is 45.2 Å². The molecule has 68 heavy (non-hydrogen) atoms. The quantitative estimate of drug-likeness (QED) is 0.1000. The fourth-order valence-corrected chi connectivity index (χ4v) is 11.0. The SMILES string of the molecule is Cc1nc(NC(=O)C(F)(F)F)sc1S(=O)(=O)N1Cc2cc3c(cc2C[C@H]1C(=O)NC(Cc1ccc(-c2ccc(C#N)cc2)cc1)C(=O)O)OC[C@H](c1ccc(OCc2ccc(Cl)c(Cl)c2)cc1)O3. The molecule has 0 bridgehead atoms. The van der Waals surface area contributed by atoms with Gasteiger partial charge in [0.05, 0.1) is 27.4 Å². The highest BCUT2D eigenvalue weighted by atomic mass is 35.5. The Morgan fingerprint density at radius 2 is 1.60 bits per heavy atom. The van der Waals surface area contributed by atoms with Crippen LogP contribution in [0.4, 0.5) is 18.3 Å². The molecule has 0 saturated carbocycles. The van der Waals surface area contributed by atoms with Gasteiger partial charge in [-0.05, 0) is 101 Å². The summed E-state index contributed by atoms with van der Waals surface area (Å²) < 4.78 is 87.3. The van der Waals surface area contributed by atoms with E-state index >= 15 is 0 Å². The predicted octanol–water partition coefficient (Wildman–Crippen LogP) is 8.82. The Bertz CT molecular complexity index is 3080. The number of alkyl halides is 3. The zero-order chi connectivity index (χ0) is 48.5. The highest BCUT2D eigenvalue weighted by Crippen LogP contribution is 2.43. The smallest absolute Gasteiger partial charge is 0.471 e. The van der Waals surface area contributed by atoms with Gasteiger partial charge in [-0.2, -0.15) is 22.7 Å². The molecule has 21 heteroatoms. The molecule has 14 nitrogen and oxygen atoms in total. The van der Waals surface area contributed by atoms with Crippen molar-refractivity contribution in [3.05, 3.63) is 152 Å². The zero-order valence-electron chi connectivity index (χ0n) is 35.3. The van der Waals surface area contributed by atoms with Gasteiger partial charge >= 0.3 is 18.1 Å². The molecule has 2 aliphatic heterocycles. The molecular weight excluding hydrogens is 971 g/mol. The first-order valence-electron chi connectivity index (χ1n) is 20.5. The first-order chi connectivity index (χ1) is 32.4.